The SMILES string of the molecule is CCCCCCN(CC(=O)Nc1ccon1)C(=O)c1ccc(C)c([N+](=O)[O-])c1. The zero-order chi connectivity index (χ0) is 20.5. The summed E-state index contributed by atoms with van der Waals surface area (Å²) < 4.78 is 4.67. The van der Waals surface area contributed by atoms with Crippen LogP contribution in [0.4, 0.5) is 11.5 Å². The van der Waals surface area contributed by atoms with Gasteiger partial charge < -0.3 is 14.7 Å². The Kier molecular flexibility index (Phi) is 7.67. The van der Waals surface area contributed by atoms with Crippen LogP contribution in [0.3, 0.4) is 0 Å². The van der Waals surface area contributed by atoms with Crippen LogP contribution in [-0.2, 0) is 4.79 Å². The van der Waals surface area contributed by atoms with Gasteiger partial charge in [0.15, 0.2) is 5.82 Å². The third-order valence-electron chi connectivity index (χ3n) is 4.26. The van der Waals surface area contributed by atoms with Crippen LogP contribution >= 0.6 is 0 Å². The van der Waals surface area contributed by atoms with Crippen molar-refractivity contribution in [3.05, 3.63) is 51.8 Å². The van der Waals surface area contributed by atoms with E-state index in [9.17, 15) is 19.7 Å². The Morgan fingerprint density at radius 2 is 2.04 bits per heavy atom. The fourth-order valence-corrected chi connectivity index (χ4v) is 2.74. The number of nitro groups is 1. The first-order chi connectivity index (χ1) is 13.4. The van der Waals surface area contributed by atoms with Gasteiger partial charge in [-0.2, -0.15) is 0 Å². The van der Waals surface area contributed by atoms with Gasteiger partial charge in [0.25, 0.3) is 11.6 Å². The second-order valence-corrected chi connectivity index (χ2v) is 6.48. The lowest BCUT2D eigenvalue weighted by Gasteiger charge is -2.22. The molecule has 0 fully saturated rings. The number of carbonyl (C=O) groups is 2. The number of aryl methyl sites for hydroxylation is 1. The van der Waals surface area contributed by atoms with E-state index >= 15 is 0 Å². The minimum absolute atomic E-state index is 0.121. The Bertz CT molecular complexity index is 820. The number of hydrogen-bond acceptors (Lipinski definition) is 6. The molecule has 0 atom stereocenters. The number of amides is 2. The molecule has 1 heterocycles. The molecule has 1 N–H and O–H groups in total. The Morgan fingerprint density at radius 3 is 2.68 bits per heavy atom. The van der Waals surface area contributed by atoms with E-state index in [1.165, 1.54) is 29.4 Å². The molecule has 28 heavy (non-hydrogen) atoms. The van der Waals surface area contributed by atoms with Crippen molar-refractivity contribution in [1.82, 2.24) is 10.1 Å². The van der Waals surface area contributed by atoms with Crippen LogP contribution in [0.15, 0.2) is 35.1 Å². The van der Waals surface area contributed by atoms with Crippen LogP contribution in [0.2, 0.25) is 0 Å². The Morgan fingerprint density at radius 1 is 1.25 bits per heavy atom. The molecule has 0 aliphatic carbocycles. The summed E-state index contributed by atoms with van der Waals surface area (Å²) in [5.74, 6) is -0.580. The monoisotopic (exact) mass is 388 g/mol. The summed E-state index contributed by atoms with van der Waals surface area (Å²) in [6.07, 6.45) is 5.08. The fourth-order valence-electron chi connectivity index (χ4n) is 2.74. The van der Waals surface area contributed by atoms with Crippen molar-refractivity contribution in [3.8, 4) is 0 Å². The molecule has 9 nitrogen and oxygen atoms in total. The zero-order valence-electron chi connectivity index (χ0n) is 16.0. The number of rotatable bonds is 10. The first-order valence-electron chi connectivity index (χ1n) is 9.17. The second kappa shape index (κ2) is 10.2. The quantitative estimate of drug-likeness (QED) is 0.378. The highest BCUT2D eigenvalue weighted by atomic mass is 16.6. The van der Waals surface area contributed by atoms with Gasteiger partial charge in [-0.1, -0.05) is 37.4 Å². The van der Waals surface area contributed by atoms with E-state index in [-0.39, 0.29) is 23.6 Å². The summed E-state index contributed by atoms with van der Waals surface area (Å²) in [5.41, 5.74) is 0.533. The third kappa shape index (κ3) is 5.90. The molecule has 0 bridgehead atoms. The first-order valence-corrected chi connectivity index (χ1v) is 9.17. The number of carbonyl (C=O) groups excluding carboxylic acids is 2. The summed E-state index contributed by atoms with van der Waals surface area (Å²) in [4.78, 5) is 37.3. The number of anilines is 1. The summed E-state index contributed by atoms with van der Waals surface area (Å²) in [6, 6.07) is 5.83. The molecule has 2 rings (SSSR count). The highest BCUT2D eigenvalue weighted by Crippen LogP contribution is 2.20. The van der Waals surface area contributed by atoms with Gasteiger partial charge in [0.1, 0.15) is 12.8 Å². The zero-order valence-corrected chi connectivity index (χ0v) is 16.0. The van der Waals surface area contributed by atoms with Crippen LogP contribution < -0.4 is 5.32 Å². The van der Waals surface area contributed by atoms with Crippen LogP contribution in [-0.4, -0.2) is 39.9 Å². The molecular formula is C19H24N4O5. The molecule has 0 saturated carbocycles. The van der Waals surface area contributed by atoms with Gasteiger partial charge in [0, 0.05) is 29.8 Å². The maximum absolute atomic E-state index is 12.9. The molecule has 0 saturated heterocycles. The number of benzene rings is 1. The Balaban J connectivity index is 2.14. The molecule has 1 aromatic heterocycles. The standard InChI is InChI=1S/C19H24N4O5/c1-3-4-5-6-10-22(13-18(24)20-17-9-11-28-21-17)19(25)15-8-7-14(2)16(12-15)23(26)27/h7-9,11-12H,3-6,10,13H2,1-2H3,(H,20,21,24). The molecule has 2 amide bonds. The summed E-state index contributed by atoms with van der Waals surface area (Å²) >= 11 is 0. The Labute approximate surface area is 162 Å². The molecule has 150 valence electrons. The highest BCUT2D eigenvalue weighted by Gasteiger charge is 2.22. The summed E-state index contributed by atoms with van der Waals surface area (Å²) in [7, 11) is 0. The van der Waals surface area contributed by atoms with Crippen LogP contribution in [0.5, 0.6) is 0 Å². The number of aromatic nitrogens is 1. The minimum atomic E-state index is -0.519. The number of nitrogens with one attached hydrogen (secondary N) is 1. The van der Waals surface area contributed by atoms with Crippen molar-refractivity contribution in [2.24, 2.45) is 0 Å². The van der Waals surface area contributed by atoms with Crippen LogP contribution in [0, 0.1) is 17.0 Å². The molecule has 9 heteroatoms. The smallest absolute Gasteiger partial charge is 0.273 e. The molecule has 1 aromatic carbocycles. The minimum Gasteiger partial charge on any atom is -0.363 e. The van der Waals surface area contributed by atoms with Gasteiger partial charge >= 0.3 is 0 Å². The topological polar surface area (TPSA) is 119 Å². The predicted octanol–water partition coefficient (Wildman–Crippen LogP) is 3.55. The largest absolute Gasteiger partial charge is 0.363 e. The lowest BCUT2D eigenvalue weighted by Crippen LogP contribution is -2.38. The highest BCUT2D eigenvalue weighted by molar-refractivity contribution is 5.99. The maximum Gasteiger partial charge on any atom is 0.273 e. The van der Waals surface area contributed by atoms with E-state index in [4.69, 9.17) is 0 Å². The lowest BCUT2D eigenvalue weighted by atomic mass is 10.1. The number of nitro benzene ring substituents is 1. The molecule has 0 spiro atoms. The van der Waals surface area contributed by atoms with E-state index in [0.29, 0.717) is 12.1 Å². The Hall–Kier alpha value is -3.23. The van der Waals surface area contributed by atoms with E-state index in [1.807, 2.05) is 0 Å². The van der Waals surface area contributed by atoms with Gasteiger partial charge in [0.05, 0.1) is 4.92 Å². The van der Waals surface area contributed by atoms with E-state index in [1.54, 1.807) is 13.0 Å². The average molecular weight is 388 g/mol. The van der Waals surface area contributed by atoms with Crippen molar-refractivity contribution in [1.29, 1.82) is 0 Å². The third-order valence-corrected chi connectivity index (χ3v) is 4.26. The van der Waals surface area contributed by atoms with Crippen LogP contribution in [0.25, 0.3) is 0 Å². The van der Waals surface area contributed by atoms with Gasteiger partial charge in [-0.05, 0) is 19.4 Å². The van der Waals surface area contributed by atoms with Gasteiger partial charge in [-0.3, -0.25) is 19.7 Å². The van der Waals surface area contributed by atoms with Crippen molar-refractivity contribution in [3.63, 3.8) is 0 Å². The molecule has 0 radical (unpaired) electrons. The normalized spacial score (nSPS) is 10.5. The van der Waals surface area contributed by atoms with E-state index in [0.717, 1.165) is 25.7 Å². The summed E-state index contributed by atoms with van der Waals surface area (Å²) in [5, 5.41) is 17.3. The second-order valence-electron chi connectivity index (χ2n) is 6.48. The van der Waals surface area contributed by atoms with E-state index < -0.39 is 16.7 Å². The molecule has 0 aliphatic rings. The first kappa shape index (κ1) is 21.1. The average Bonchev–Trinajstić information content (AvgIpc) is 3.16. The maximum atomic E-state index is 12.9. The molecule has 0 aliphatic heterocycles. The molecule has 0 unspecified atom stereocenters. The number of nitrogens with zero attached hydrogens (tertiary/aromatic N) is 3. The van der Waals surface area contributed by atoms with E-state index in [2.05, 4.69) is 21.9 Å². The number of unbranched alkanes of at least 4 members (excludes halogenated alkanes) is 3. The molecular weight excluding hydrogens is 364 g/mol. The van der Waals surface area contributed by atoms with Crippen molar-refractivity contribution < 1.29 is 19.0 Å². The summed E-state index contributed by atoms with van der Waals surface area (Å²) in [6.45, 7) is 3.90. The van der Waals surface area contributed by atoms with Crippen molar-refractivity contribution in [2.75, 3.05) is 18.4 Å². The van der Waals surface area contributed by atoms with Crippen LogP contribution in [0.1, 0.15) is 48.5 Å². The van der Waals surface area contributed by atoms with Gasteiger partial charge in [0.2, 0.25) is 5.91 Å². The van der Waals surface area contributed by atoms with Crippen molar-refractivity contribution >= 4 is 23.3 Å². The molecule has 2 aromatic rings. The fraction of sp³-hybridized carbons (Fsp3) is 0.421. The number of hydrogen-bond donors (Lipinski definition) is 1. The lowest BCUT2D eigenvalue weighted by molar-refractivity contribution is -0.385. The van der Waals surface area contributed by atoms with Crippen molar-refractivity contribution in [2.45, 2.75) is 39.5 Å². The predicted molar refractivity (Wildman–Crippen MR) is 103 cm³/mol. The van der Waals surface area contributed by atoms with Gasteiger partial charge in [-0.25, -0.2) is 0 Å². The van der Waals surface area contributed by atoms with Gasteiger partial charge in [-0.15, -0.1) is 0 Å².